The third kappa shape index (κ3) is 1.91. The van der Waals surface area contributed by atoms with Crippen LogP contribution >= 0.6 is 0 Å². The SMILES string of the molecule is C=CCN1C(=O)c2ccccc2NC1c1ccco1. The van der Waals surface area contributed by atoms with Crippen molar-refractivity contribution in [1.29, 1.82) is 0 Å². The summed E-state index contributed by atoms with van der Waals surface area (Å²) in [6.07, 6.45) is 3.02. The number of hydrogen-bond acceptors (Lipinski definition) is 3. The number of anilines is 1. The molecule has 0 bridgehead atoms. The molecule has 1 aliphatic rings. The number of rotatable bonds is 3. The molecule has 1 aromatic carbocycles. The van der Waals surface area contributed by atoms with E-state index in [-0.39, 0.29) is 12.1 Å². The van der Waals surface area contributed by atoms with Gasteiger partial charge in [0.1, 0.15) is 5.76 Å². The minimum Gasteiger partial charge on any atom is -0.465 e. The van der Waals surface area contributed by atoms with E-state index in [9.17, 15) is 4.79 Å². The Hall–Kier alpha value is -2.49. The van der Waals surface area contributed by atoms with Crippen LogP contribution in [0.25, 0.3) is 0 Å². The Labute approximate surface area is 111 Å². The number of benzene rings is 1. The predicted molar refractivity (Wildman–Crippen MR) is 72.7 cm³/mol. The molecule has 1 aromatic heterocycles. The van der Waals surface area contributed by atoms with Gasteiger partial charge in [-0.2, -0.15) is 0 Å². The van der Waals surface area contributed by atoms with Gasteiger partial charge in [0.05, 0.1) is 11.8 Å². The van der Waals surface area contributed by atoms with Crippen LogP contribution in [-0.4, -0.2) is 17.4 Å². The molecule has 4 heteroatoms. The minimum absolute atomic E-state index is 0.0179. The Morgan fingerprint density at radius 1 is 1.32 bits per heavy atom. The minimum atomic E-state index is -0.296. The number of nitrogens with zero attached hydrogens (tertiary/aromatic N) is 1. The lowest BCUT2D eigenvalue weighted by Gasteiger charge is -2.36. The van der Waals surface area contributed by atoms with Crippen molar-refractivity contribution in [2.45, 2.75) is 6.17 Å². The largest absolute Gasteiger partial charge is 0.465 e. The maximum atomic E-state index is 12.5. The van der Waals surface area contributed by atoms with Crippen molar-refractivity contribution in [2.75, 3.05) is 11.9 Å². The van der Waals surface area contributed by atoms with Crippen molar-refractivity contribution in [2.24, 2.45) is 0 Å². The zero-order chi connectivity index (χ0) is 13.2. The fraction of sp³-hybridized carbons (Fsp3) is 0.133. The van der Waals surface area contributed by atoms with E-state index in [0.717, 1.165) is 5.69 Å². The van der Waals surface area contributed by atoms with Gasteiger partial charge in [-0.05, 0) is 24.3 Å². The van der Waals surface area contributed by atoms with Gasteiger partial charge in [0.25, 0.3) is 5.91 Å². The number of carbonyl (C=O) groups is 1. The Morgan fingerprint density at radius 3 is 2.89 bits per heavy atom. The maximum Gasteiger partial charge on any atom is 0.258 e. The molecule has 3 rings (SSSR count). The van der Waals surface area contributed by atoms with Crippen molar-refractivity contribution in [1.82, 2.24) is 4.90 Å². The van der Waals surface area contributed by atoms with Gasteiger partial charge in [0, 0.05) is 12.2 Å². The number of carbonyl (C=O) groups excluding carboxylic acids is 1. The van der Waals surface area contributed by atoms with Gasteiger partial charge in [0.2, 0.25) is 0 Å². The fourth-order valence-electron chi connectivity index (χ4n) is 2.29. The molecule has 2 heterocycles. The highest BCUT2D eigenvalue weighted by molar-refractivity contribution is 6.01. The molecule has 96 valence electrons. The quantitative estimate of drug-likeness (QED) is 0.856. The average Bonchev–Trinajstić information content (AvgIpc) is 2.96. The maximum absolute atomic E-state index is 12.5. The molecule has 2 aromatic rings. The summed E-state index contributed by atoms with van der Waals surface area (Å²) in [4.78, 5) is 14.2. The summed E-state index contributed by atoms with van der Waals surface area (Å²) in [5, 5.41) is 3.33. The van der Waals surface area contributed by atoms with Crippen LogP contribution in [0.15, 0.2) is 59.7 Å². The number of amides is 1. The van der Waals surface area contributed by atoms with E-state index >= 15 is 0 Å². The lowest BCUT2D eigenvalue weighted by atomic mass is 10.1. The van der Waals surface area contributed by atoms with Crippen LogP contribution in [0.4, 0.5) is 5.69 Å². The molecule has 0 spiro atoms. The second-order valence-corrected chi connectivity index (χ2v) is 4.35. The molecule has 1 amide bonds. The molecule has 0 fully saturated rings. The first-order valence-electron chi connectivity index (χ1n) is 6.12. The first-order valence-corrected chi connectivity index (χ1v) is 6.12. The lowest BCUT2D eigenvalue weighted by Crippen LogP contribution is -2.42. The topological polar surface area (TPSA) is 45.5 Å². The number of furan rings is 1. The van der Waals surface area contributed by atoms with Crippen molar-refractivity contribution < 1.29 is 9.21 Å². The summed E-state index contributed by atoms with van der Waals surface area (Å²) in [7, 11) is 0. The lowest BCUT2D eigenvalue weighted by molar-refractivity contribution is 0.0689. The second kappa shape index (κ2) is 4.65. The normalized spacial score (nSPS) is 17.8. The molecule has 0 radical (unpaired) electrons. The molecule has 1 unspecified atom stereocenters. The van der Waals surface area contributed by atoms with Crippen molar-refractivity contribution >= 4 is 11.6 Å². The van der Waals surface area contributed by atoms with E-state index < -0.39 is 0 Å². The van der Waals surface area contributed by atoms with Gasteiger partial charge >= 0.3 is 0 Å². The summed E-state index contributed by atoms with van der Waals surface area (Å²) < 4.78 is 5.42. The monoisotopic (exact) mass is 254 g/mol. The molecule has 19 heavy (non-hydrogen) atoms. The van der Waals surface area contributed by atoms with Crippen LogP contribution in [0, 0.1) is 0 Å². The smallest absolute Gasteiger partial charge is 0.258 e. The Balaban J connectivity index is 2.05. The highest BCUT2D eigenvalue weighted by Gasteiger charge is 2.33. The predicted octanol–water partition coefficient (Wildman–Crippen LogP) is 3.03. The van der Waals surface area contributed by atoms with E-state index in [1.807, 2.05) is 36.4 Å². The summed E-state index contributed by atoms with van der Waals surface area (Å²) >= 11 is 0. The third-order valence-electron chi connectivity index (χ3n) is 3.16. The van der Waals surface area contributed by atoms with E-state index in [2.05, 4.69) is 11.9 Å². The highest BCUT2D eigenvalue weighted by Crippen LogP contribution is 2.32. The first-order chi connectivity index (χ1) is 9.31. The van der Waals surface area contributed by atoms with E-state index in [1.165, 1.54) is 0 Å². The van der Waals surface area contributed by atoms with Crippen molar-refractivity contribution in [3.63, 3.8) is 0 Å². The first kappa shape index (κ1) is 11.6. The number of fused-ring (bicyclic) bond motifs is 1. The molecule has 0 aliphatic carbocycles. The fourth-order valence-corrected chi connectivity index (χ4v) is 2.29. The summed E-state index contributed by atoms with van der Waals surface area (Å²) in [6, 6.07) is 11.1. The Bertz CT molecular complexity index is 604. The van der Waals surface area contributed by atoms with Gasteiger partial charge in [-0.1, -0.05) is 18.2 Å². The summed E-state index contributed by atoms with van der Waals surface area (Å²) in [5.41, 5.74) is 1.50. The molecule has 0 saturated carbocycles. The standard InChI is InChI=1S/C15H14N2O2/c1-2-9-17-14(13-8-5-10-19-13)16-12-7-4-3-6-11(12)15(17)18/h2-8,10,14,16H,1,9H2. The highest BCUT2D eigenvalue weighted by atomic mass is 16.3. The van der Waals surface area contributed by atoms with Crippen LogP contribution in [0.1, 0.15) is 22.3 Å². The van der Waals surface area contributed by atoms with Crippen molar-refractivity contribution in [3.8, 4) is 0 Å². The van der Waals surface area contributed by atoms with Crippen LogP contribution in [0.2, 0.25) is 0 Å². The van der Waals surface area contributed by atoms with Crippen LogP contribution < -0.4 is 5.32 Å². The summed E-state index contributed by atoms with van der Waals surface area (Å²) in [6.45, 7) is 4.17. The molecular weight excluding hydrogens is 240 g/mol. The zero-order valence-electron chi connectivity index (χ0n) is 10.4. The van der Waals surface area contributed by atoms with Crippen LogP contribution in [0.5, 0.6) is 0 Å². The molecule has 1 N–H and O–H groups in total. The Morgan fingerprint density at radius 2 is 2.16 bits per heavy atom. The van der Waals surface area contributed by atoms with Gasteiger partial charge < -0.3 is 14.6 Å². The number of para-hydroxylation sites is 1. The summed E-state index contributed by atoms with van der Waals surface area (Å²) in [5.74, 6) is 0.695. The molecule has 1 aliphatic heterocycles. The van der Waals surface area contributed by atoms with Gasteiger partial charge in [-0.3, -0.25) is 4.79 Å². The van der Waals surface area contributed by atoms with E-state index in [4.69, 9.17) is 4.42 Å². The molecule has 1 atom stereocenters. The van der Waals surface area contributed by atoms with Crippen molar-refractivity contribution in [3.05, 3.63) is 66.6 Å². The Kier molecular flexibility index (Phi) is 2.83. The molecule has 0 saturated heterocycles. The number of hydrogen-bond donors (Lipinski definition) is 1. The third-order valence-corrected chi connectivity index (χ3v) is 3.16. The number of nitrogens with one attached hydrogen (secondary N) is 1. The average molecular weight is 254 g/mol. The van der Waals surface area contributed by atoms with Gasteiger partial charge in [0.15, 0.2) is 6.17 Å². The molecular formula is C15H14N2O2. The zero-order valence-corrected chi connectivity index (χ0v) is 10.4. The second-order valence-electron chi connectivity index (χ2n) is 4.35. The molecule has 4 nitrogen and oxygen atoms in total. The van der Waals surface area contributed by atoms with E-state index in [0.29, 0.717) is 17.9 Å². The van der Waals surface area contributed by atoms with Crippen LogP contribution in [-0.2, 0) is 0 Å². The van der Waals surface area contributed by atoms with Crippen LogP contribution in [0.3, 0.4) is 0 Å². The van der Waals surface area contributed by atoms with Gasteiger partial charge in [-0.15, -0.1) is 6.58 Å². The van der Waals surface area contributed by atoms with Gasteiger partial charge in [-0.25, -0.2) is 0 Å². The van der Waals surface area contributed by atoms with E-state index in [1.54, 1.807) is 17.2 Å².